The van der Waals surface area contributed by atoms with Crippen molar-refractivity contribution in [3.8, 4) is 0 Å². The van der Waals surface area contributed by atoms with Crippen LogP contribution < -0.4 is 11.1 Å². The summed E-state index contributed by atoms with van der Waals surface area (Å²) in [6.45, 7) is 4.14. The highest BCUT2D eigenvalue weighted by Gasteiger charge is 2.19. The Bertz CT molecular complexity index is 832. The summed E-state index contributed by atoms with van der Waals surface area (Å²) in [5.41, 5.74) is 6.75. The van der Waals surface area contributed by atoms with Gasteiger partial charge < -0.3 is 11.1 Å². The largest absolute Gasteiger partial charge is 0.364 e. The normalized spacial score (nSPS) is 11.5. The van der Waals surface area contributed by atoms with Crippen molar-refractivity contribution in [2.24, 2.45) is 5.73 Å². The molecule has 0 radical (unpaired) electrons. The van der Waals surface area contributed by atoms with Crippen LogP contribution in [0.1, 0.15) is 35.8 Å². The molecule has 0 atom stereocenters. The summed E-state index contributed by atoms with van der Waals surface area (Å²) in [4.78, 5) is 15.3. The highest BCUT2D eigenvalue weighted by atomic mass is 32.2. The fraction of sp³-hybridized carbons (Fsp3) is 0.286. The van der Waals surface area contributed by atoms with Gasteiger partial charge in [-0.25, -0.2) is 8.42 Å². The molecule has 3 N–H and O–H groups in total. The Kier molecular flexibility index (Phi) is 4.60. The molecule has 23 heavy (non-hydrogen) atoms. The second-order valence-electron chi connectivity index (χ2n) is 5.33. The van der Waals surface area contributed by atoms with Crippen LogP contribution in [0.2, 0.25) is 0 Å². The highest BCUT2D eigenvalue weighted by Crippen LogP contribution is 2.21. The molecule has 0 saturated carbocycles. The van der Waals surface area contributed by atoms with E-state index in [1.807, 2.05) is 12.1 Å². The van der Waals surface area contributed by atoms with Gasteiger partial charge >= 0.3 is 0 Å². The van der Waals surface area contributed by atoms with E-state index in [-0.39, 0.29) is 11.5 Å². The number of hydrogen-bond donors (Lipinski definition) is 2. The fourth-order valence-corrected chi connectivity index (χ4v) is 2.26. The molecule has 0 saturated heterocycles. The predicted octanol–water partition coefficient (Wildman–Crippen LogP) is 1.24. The van der Waals surface area contributed by atoms with E-state index in [1.54, 1.807) is 12.1 Å². The van der Waals surface area contributed by atoms with Crippen molar-refractivity contribution in [3.63, 3.8) is 0 Å². The number of nitrogens with two attached hydrogens (primary N) is 1. The van der Waals surface area contributed by atoms with Gasteiger partial charge in [-0.05, 0) is 23.6 Å². The molecular weight excluding hydrogens is 318 g/mol. The second-order valence-corrected chi connectivity index (χ2v) is 7.24. The fourth-order valence-electron chi connectivity index (χ4n) is 1.81. The topological polar surface area (TPSA) is 128 Å². The minimum atomic E-state index is -3.65. The Balaban J connectivity index is 2.42. The molecule has 0 aliphatic heterocycles. The van der Waals surface area contributed by atoms with Crippen molar-refractivity contribution in [1.82, 2.24) is 15.2 Å². The smallest absolute Gasteiger partial charge is 0.273 e. The minimum absolute atomic E-state index is 0.0507. The number of sulfone groups is 1. The lowest BCUT2D eigenvalue weighted by atomic mass is 10.0. The first kappa shape index (κ1) is 16.8. The number of nitrogens with one attached hydrogen (secondary N) is 1. The lowest BCUT2D eigenvalue weighted by molar-refractivity contribution is 0.0994. The summed E-state index contributed by atoms with van der Waals surface area (Å²) in [5, 5.41) is 9.35. The number of benzene rings is 1. The summed E-state index contributed by atoms with van der Waals surface area (Å²) in [7, 11) is -3.65. The van der Waals surface area contributed by atoms with Crippen molar-refractivity contribution in [3.05, 3.63) is 35.5 Å². The quantitative estimate of drug-likeness (QED) is 0.841. The molecule has 1 aromatic heterocycles. The number of anilines is 2. The van der Waals surface area contributed by atoms with Crippen LogP contribution >= 0.6 is 0 Å². The zero-order valence-corrected chi connectivity index (χ0v) is 13.8. The summed E-state index contributed by atoms with van der Waals surface area (Å²) in [5.74, 6) is -0.528. The van der Waals surface area contributed by atoms with Crippen molar-refractivity contribution < 1.29 is 13.2 Å². The predicted molar refractivity (Wildman–Crippen MR) is 85.3 cm³/mol. The number of primary amides is 1. The first-order valence-electron chi connectivity index (χ1n) is 6.80. The van der Waals surface area contributed by atoms with Crippen molar-refractivity contribution >= 4 is 27.2 Å². The molecule has 1 heterocycles. The van der Waals surface area contributed by atoms with Crippen LogP contribution in [0.4, 0.5) is 11.5 Å². The van der Waals surface area contributed by atoms with E-state index < -0.39 is 20.9 Å². The van der Waals surface area contributed by atoms with Crippen LogP contribution in [0.5, 0.6) is 0 Å². The molecule has 0 bridgehead atoms. The number of hydrogen-bond acceptors (Lipinski definition) is 7. The van der Waals surface area contributed by atoms with Gasteiger partial charge in [0.1, 0.15) is 0 Å². The molecule has 8 nitrogen and oxygen atoms in total. The average Bonchev–Trinajstić information content (AvgIpc) is 2.46. The van der Waals surface area contributed by atoms with Gasteiger partial charge in [0, 0.05) is 11.9 Å². The summed E-state index contributed by atoms with van der Waals surface area (Å²) >= 11 is 0. The van der Waals surface area contributed by atoms with Gasteiger partial charge in [-0.1, -0.05) is 26.0 Å². The maximum atomic E-state index is 11.5. The zero-order chi connectivity index (χ0) is 17.2. The van der Waals surface area contributed by atoms with E-state index in [9.17, 15) is 13.2 Å². The van der Waals surface area contributed by atoms with Crippen LogP contribution in [0, 0.1) is 0 Å². The monoisotopic (exact) mass is 335 g/mol. The number of nitrogens with zero attached hydrogens (tertiary/aromatic N) is 3. The van der Waals surface area contributed by atoms with Gasteiger partial charge in [-0.15, -0.1) is 10.2 Å². The lowest BCUT2D eigenvalue weighted by Crippen LogP contribution is -2.19. The Morgan fingerprint density at radius 1 is 1.17 bits per heavy atom. The van der Waals surface area contributed by atoms with Crippen molar-refractivity contribution in [1.29, 1.82) is 0 Å². The van der Waals surface area contributed by atoms with Gasteiger partial charge in [0.15, 0.2) is 11.5 Å². The first-order chi connectivity index (χ1) is 10.7. The second kappa shape index (κ2) is 6.29. The zero-order valence-electron chi connectivity index (χ0n) is 12.9. The van der Waals surface area contributed by atoms with E-state index in [2.05, 4.69) is 34.3 Å². The third kappa shape index (κ3) is 4.01. The van der Waals surface area contributed by atoms with E-state index >= 15 is 0 Å². The number of carbonyl (C=O) groups is 1. The van der Waals surface area contributed by atoms with Crippen molar-refractivity contribution in [2.75, 3.05) is 11.6 Å². The molecule has 122 valence electrons. The van der Waals surface area contributed by atoms with E-state index in [0.717, 1.165) is 11.8 Å². The van der Waals surface area contributed by atoms with Crippen LogP contribution in [0.3, 0.4) is 0 Å². The van der Waals surface area contributed by atoms with Gasteiger partial charge in [0.2, 0.25) is 9.84 Å². The van der Waals surface area contributed by atoms with Crippen LogP contribution in [-0.4, -0.2) is 35.8 Å². The molecule has 1 amide bonds. The maximum Gasteiger partial charge on any atom is 0.273 e. The molecule has 1 aromatic carbocycles. The molecular formula is C14H17N5O3S. The Labute approximate surface area is 134 Å². The van der Waals surface area contributed by atoms with Crippen LogP contribution in [0.15, 0.2) is 29.4 Å². The van der Waals surface area contributed by atoms with Crippen LogP contribution in [0.25, 0.3) is 0 Å². The number of carbonyl (C=O) groups excluding carboxylic acids is 1. The van der Waals surface area contributed by atoms with Crippen LogP contribution in [-0.2, 0) is 9.84 Å². The molecule has 0 spiro atoms. The minimum Gasteiger partial charge on any atom is -0.364 e. The number of aromatic nitrogens is 3. The molecule has 0 unspecified atom stereocenters. The summed E-state index contributed by atoms with van der Waals surface area (Å²) in [6.07, 6.45) is 0.954. The molecule has 2 aromatic rings. The Morgan fingerprint density at radius 2 is 1.78 bits per heavy atom. The standard InChI is InChI=1S/C14H17N5O3S/c1-8(2)9-4-6-10(7-5-9)16-13-11(12(15)20)18-19-14(17-13)23(3,21)22/h4-8H,1-3H3,(H2,15,20)(H,16,17,19). The van der Waals surface area contributed by atoms with Gasteiger partial charge in [-0.2, -0.15) is 4.98 Å². The highest BCUT2D eigenvalue weighted by molar-refractivity contribution is 7.90. The third-order valence-corrected chi connectivity index (χ3v) is 3.91. The summed E-state index contributed by atoms with van der Waals surface area (Å²) < 4.78 is 23.1. The molecule has 0 aliphatic carbocycles. The molecule has 0 fully saturated rings. The van der Waals surface area contributed by atoms with E-state index in [1.165, 1.54) is 0 Å². The Hall–Kier alpha value is -2.55. The van der Waals surface area contributed by atoms with Gasteiger partial charge in [-0.3, -0.25) is 4.79 Å². The van der Waals surface area contributed by atoms with Crippen molar-refractivity contribution in [2.45, 2.75) is 24.9 Å². The van der Waals surface area contributed by atoms with E-state index in [4.69, 9.17) is 5.73 Å². The lowest BCUT2D eigenvalue weighted by Gasteiger charge is -2.10. The molecule has 0 aliphatic rings. The molecule has 2 rings (SSSR count). The SMILES string of the molecule is CC(C)c1ccc(Nc2nc(S(C)(=O)=O)nnc2C(N)=O)cc1. The van der Waals surface area contributed by atoms with Gasteiger partial charge in [0.05, 0.1) is 0 Å². The Morgan fingerprint density at radius 3 is 2.26 bits per heavy atom. The first-order valence-corrected chi connectivity index (χ1v) is 8.69. The molecule has 9 heteroatoms. The average molecular weight is 335 g/mol. The van der Waals surface area contributed by atoms with Gasteiger partial charge in [0.25, 0.3) is 11.1 Å². The summed E-state index contributed by atoms with van der Waals surface area (Å²) in [6, 6.07) is 7.43. The maximum absolute atomic E-state index is 11.5. The number of amides is 1. The van der Waals surface area contributed by atoms with E-state index in [0.29, 0.717) is 11.6 Å². The third-order valence-electron chi connectivity index (χ3n) is 3.07. The number of rotatable bonds is 5.